The summed E-state index contributed by atoms with van der Waals surface area (Å²) >= 11 is 11.6. The predicted octanol–water partition coefficient (Wildman–Crippen LogP) is 4.61. The summed E-state index contributed by atoms with van der Waals surface area (Å²) < 4.78 is 0. The highest BCUT2D eigenvalue weighted by Gasteiger charge is 2.10. The van der Waals surface area contributed by atoms with Crippen molar-refractivity contribution in [2.45, 2.75) is 39.0 Å². The number of amides is 1. The molecule has 0 radical (unpaired) electrons. The third-order valence-corrected chi connectivity index (χ3v) is 3.07. The Hall–Kier alpha value is -0.930. The molecular formula is C13H17Cl2NO2. The monoisotopic (exact) mass is 289 g/mol. The van der Waals surface area contributed by atoms with E-state index in [1.54, 1.807) is 0 Å². The van der Waals surface area contributed by atoms with Crippen molar-refractivity contribution in [3.8, 4) is 5.75 Å². The Morgan fingerprint density at radius 3 is 2.67 bits per heavy atom. The van der Waals surface area contributed by atoms with E-state index >= 15 is 0 Å². The first-order valence-electron chi connectivity index (χ1n) is 6.02. The second-order valence-electron chi connectivity index (χ2n) is 4.14. The summed E-state index contributed by atoms with van der Waals surface area (Å²) in [5.41, 5.74) is 0.257. The lowest BCUT2D eigenvalue weighted by Gasteiger charge is -2.09. The second kappa shape index (κ2) is 7.49. The highest BCUT2D eigenvalue weighted by molar-refractivity contribution is 6.36. The molecule has 0 aliphatic carbocycles. The van der Waals surface area contributed by atoms with Crippen LogP contribution in [0.4, 0.5) is 5.69 Å². The SMILES string of the molecule is CCCCCCC(=O)Nc1cc(Cl)cc(Cl)c1O. The average molecular weight is 290 g/mol. The van der Waals surface area contributed by atoms with Crippen LogP contribution in [0.1, 0.15) is 39.0 Å². The van der Waals surface area contributed by atoms with Crippen LogP contribution in [0.2, 0.25) is 10.0 Å². The van der Waals surface area contributed by atoms with Gasteiger partial charge in [-0.1, -0.05) is 49.4 Å². The van der Waals surface area contributed by atoms with E-state index in [1.807, 2.05) is 0 Å². The van der Waals surface area contributed by atoms with Gasteiger partial charge in [0.25, 0.3) is 0 Å². The summed E-state index contributed by atoms with van der Waals surface area (Å²) in [7, 11) is 0. The lowest BCUT2D eigenvalue weighted by molar-refractivity contribution is -0.116. The quantitative estimate of drug-likeness (QED) is 0.594. The van der Waals surface area contributed by atoms with Gasteiger partial charge in [0.1, 0.15) is 0 Å². The maximum Gasteiger partial charge on any atom is 0.224 e. The number of phenols is 1. The normalized spacial score (nSPS) is 10.4. The first kappa shape index (κ1) is 15.1. The first-order chi connectivity index (χ1) is 8.54. The number of hydrogen-bond donors (Lipinski definition) is 2. The van der Waals surface area contributed by atoms with Crippen molar-refractivity contribution in [1.82, 2.24) is 0 Å². The third-order valence-electron chi connectivity index (χ3n) is 2.56. The molecular weight excluding hydrogens is 273 g/mol. The first-order valence-corrected chi connectivity index (χ1v) is 6.78. The minimum Gasteiger partial charge on any atom is -0.504 e. The molecule has 100 valence electrons. The Balaban J connectivity index is 2.54. The molecule has 18 heavy (non-hydrogen) atoms. The van der Waals surface area contributed by atoms with Crippen molar-refractivity contribution in [2.75, 3.05) is 5.32 Å². The van der Waals surface area contributed by atoms with E-state index in [1.165, 1.54) is 12.1 Å². The van der Waals surface area contributed by atoms with Crippen LogP contribution < -0.4 is 5.32 Å². The molecule has 0 saturated heterocycles. The van der Waals surface area contributed by atoms with E-state index in [9.17, 15) is 9.90 Å². The van der Waals surface area contributed by atoms with Crippen LogP contribution in [0.25, 0.3) is 0 Å². The smallest absolute Gasteiger partial charge is 0.224 e. The molecule has 0 spiro atoms. The molecule has 0 heterocycles. The number of hydrogen-bond acceptors (Lipinski definition) is 2. The number of benzene rings is 1. The number of anilines is 1. The second-order valence-corrected chi connectivity index (χ2v) is 4.99. The summed E-state index contributed by atoms with van der Waals surface area (Å²) in [6.07, 6.45) is 4.57. The molecule has 0 bridgehead atoms. The number of unbranched alkanes of at least 4 members (excludes halogenated alkanes) is 3. The fourth-order valence-electron chi connectivity index (χ4n) is 1.59. The number of carbonyl (C=O) groups excluding carboxylic acids is 1. The van der Waals surface area contributed by atoms with Crippen molar-refractivity contribution in [1.29, 1.82) is 0 Å². The van der Waals surface area contributed by atoms with Gasteiger partial charge in [0.2, 0.25) is 5.91 Å². The highest BCUT2D eigenvalue weighted by Crippen LogP contribution is 2.35. The molecule has 1 rings (SSSR count). The number of carbonyl (C=O) groups is 1. The molecule has 1 amide bonds. The molecule has 2 N–H and O–H groups in total. The van der Waals surface area contributed by atoms with Crippen LogP contribution in [-0.4, -0.2) is 11.0 Å². The molecule has 0 atom stereocenters. The maximum atomic E-state index is 11.6. The van der Waals surface area contributed by atoms with Gasteiger partial charge in [-0.2, -0.15) is 0 Å². The van der Waals surface area contributed by atoms with Gasteiger partial charge in [0, 0.05) is 11.4 Å². The molecule has 1 aromatic carbocycles. The summed E-state index contributed by atoms with van der Waals surface area (Å²) in [5.74, 6) is -0.289. The van der Waals surface area contributed by atoms with E-state index < -0.39 is 0 Å². The van der Waals surface area contributed by atoms with Crippen LogP contribution in [-0.2, 0) is 4.79 Å². The Labute approximate surface area is 117 Å². The van der Waals surface area contributed by atoms with Crippen molar-refractivity contribution in [2.24, 2.45) is 0 Å². The summed E-state index contributed by atoms with van der Waals surface area (Å²) in [6, 6.07) is 2.90. The summed E-state index contributed by atoms with van der Waals surface area (Å²) in [6.45, 7) is 2.12. The summed E-state index contributed by atoms with van der Waals surface area (Å²) in [5, 5.41) is 12.8. The van der Waals surface area contributed by atoms with Gasteiger partial charge in [-0.25, -0.2) is 0 Å². The van der Waals surface area contributed by atoms with Gasteiger partial charge in [-0.15, -0.1) is 0 Å². The van der Waals surface area contributed by atoms with Crippen LogP contribution in [0.15, 0.2) is 12.1 Å². The van der Waals surface area contributed by atoms with Crippen molar-refractivity contribution in [3.05, 3.63) is 22.2 Å². The van der Waals surface area contributed by atoms with E-state index in [4.69, 9.17) is 23.2 Å². The number of halogens is 2. The van der Waals surface area contributed by atoms with Crippen molar-refractivity contribution in [3.63, 3.8) is 0 Å². The maximum absolute atomic E-state index is 11.6. The zero-order valence-corrected chi connectivity index (χ0v) is 11.8. The van der Waals surface area contributed by atoms with Gasteiger partial charge in [-0.3, -0.25) is 4.79 Å². The Kier molecular flexibility index (Phi) is 6.30. The van der Waals surface area contributed by atoms with Crippen molar-refractivity contribution >= 4 is 34.8 Å². The number of aromatic hydroxyl groups is 1. The van der Waals surface area contributed by atoms with Gasteiger partial charge in [-0.05, 0) is 18.6 Å². The molecule has 0 aromatic heterocycles. The average Bonchev–Trinajstić information content (AvgIpc) is 2.31. The molecule has 0 unspecified atom stereocenters. The Bertz CT molecular complexity index is 422. The van der Waals surface area contributed by atoms with Gasteiger partial charge >= 0.3 is 0 Å². The molecule has 1 aromatic rings. The third kappa shape index (κ3) is 4.75. The van der Waals surface area contributed by atoms with Crippen LogP contribution >= 0.6 is 23.2 Å². The van der Waals surface area contributed by atoms with Crippen LogP contribution in [0.3, 0.4) is 0 Å². The van der Waals surface area contributed by atoms with E-state index in [2.05, 4.69) is 12.2 Å². The Morgan fingerprint density at radius 2 is 2.00 bits per heavy atom. The number of nitrogens with one attached hydrogen (secondary N) is 1. The minimum absolute atomic E-state index is 0.129. The highest BCUT2D eigenvalue weighted by atomic mass is 35.5. The molecule has 5 heteroatoms. The fourth-order valence-corrected chi connectivity index (χ4v) is 2.08. The van der Waals surface area contributed by atoms with Crippen LogP contribution in [0, 0.1) is 0 Å². The lowest BCUT2D eigenvalue weighted by Crippen LogP contribution is -2.11. The largest absolute Gasteiger partial charge is 0.504 e. The topological polar surface area (TPSA) is 49.3 Å². The predicted molar refractivity (Wildman–Crippen MR) is 75.5 cm³/mol. The molecule has 0 aliphatic rings. The van der Waals surface area contributed by atoms with Gasteiger partial charge in [0.05, 0.1) is 10.7 Å². The standard InChI is InChI=1S/C13H17Cl2NO2/c1-2-3-4-5-6-12(17)16-11-8-9(14)7-10(15)13(11)18/h7-8,18H,2-6H2,1H3,(H,16,17). The zero-order chi connectivity index (χ0) is 13.5. The molecule has 0 aliphatic heterocycles. The lowest BCUT2D eigenvalue weighted by atomic mass is 10.1. The molecule has 3 nitrogen and oxygen atoms in total. The van der Waals surface area contributed by atoms with Gasteiger partial charge < -0.3 is 10.4 Å². The van der Waals surface area contributed by atoms with E-state index in [0.717, 1.165) is 25.7 Å². The Morgan fingerprint density at radius 1 is 1.28 bits per heavy atom. The molecule has 0 saturated carbocycles. The minimum atomic E-state index is -0.150. The van der Waals surface area contributed by atoms with E-state index in [-0.39, 0.29) is 22.4 Å². The number of phenolic OH excluding ortho intramolecular Hbond substituents is 1. The fraction of sp³-hybridized carbons (Fsp3) is 0.462. The van der Waals surface area contributed by atoms with E-state index in [0.29, 0.717) is 11.4 Å². The zero-order valence-electron chi connectivity index (χ0n) is 10.3. The summed E-state index contributed by atoms with van der Waals surface area (Å²) in [4.78, 5) is 11.6. The van der Waals surface area contributed by atoms with Crippen LogP contribution in [0.5, 0.6) is 5.75 Å². The number of rotatable bonds is 6. The van der Waals surface area contributed by atoms with Gasteiger partial charge in [0.15, 0.2) is 5.75 Å². The molecule has 0 fully saturated rings. The van der Waals surface area contributed by atoms with Crippen molar-refractivity contribution < 1.29 is 9.90 Å².